The van der Waals surface area contributed by atoms with Crippen LogP contribution in [0.25, 0.3) is 0 Å². The second kappa shape index (κ2) is 5.88. The predicted octanol–water partition coefficient (Wildman–Crippen LogP) is 1.34. The smallest absolute Gasteiger partial charge is 0.151 e. The summed E-state index contributed by atoms with van der Waals surface area (Å²) in [5.74, 6) is 0.345. The van der Waals surface area contributed by atoms with Crippen molar-refractivity contribution < 1.29 is 13.5 Å². The Labute approximate surface area is 111 Å². The van der Waals surface area contributed by atoms with Crippen molar-refractivity contribution in [2.24, 2.45) is 5.41 Å². The van der Waals surface area contributed by atoms with Crippen LogP contribution in [-0.2, 0) is 9.84 Å². The zero-order chi connectivity index (χ0) is 13.9. The monoisotopic (exact) mass is 277 g/mol. The van der Waals surface area contributed by atoms with Crippen molar-refractivity contribution in [2.75, 3.05) is 24.6 Å². The van der Waals surface area contributed by atoms with Gasteiger partial charge in [-0.15, -0.1) is 0 Å². The fourth-order valence-electron chi connectivity index (χ4n) is 2.26. The molecule has 0 amide bonds. The lowest BCUT2D eigenvalue weighted by atomic mass is 9.71. The molecule has 0 bridgehead atoms. The Morgan fingerprint density at radius 1 is 1.17 bits per heavy atom. The van der Waals surface area contributed by atoms with E-state index in [0.717, 1.165) is 25.7 Å². The summed E-state index contributed by atoms with van der Waals surface area (Å²) in [6.45, 7) is 7.05. The predicted molar refractivity (Wildman–Crippen MR) is 74.4 cm³/mol. The standard InChI is InChI=1S/C13H27NO3S/c1-4-18(16,17)10-9-14-11-13(15)7-5-12(2,3)6-8-13/h14-15H,4-11H2,1-3H3. The van der Waals surface area contributed by atoms with E-state index in [1.165, 1.54) is 0 Å². The summed E-state index contributed by atoms with van der Waals surface area (Å²) in [7, 11) is -2.90. The van der Waals surface area contributed by atoms with Crippen LogP contribution >= 0.6 is 0 Å². The molecule has 5 heteroatoms. The van der Waals surface area contributed by atoms with Crippen LogP contribution in [0, 0.1) is 5.41 Å². The molecule has 0 aliphatic heterocycles. The van der Waals surface area contributed by atoms with Gasteiger partial charge in [-0.25, -0.2) is 8.42 Å². The Balaban J connectivity index is 2.28. The highest BCUT2D eigenvalue weighted by Gasteiger charge is 2.36. The summed E-state index contributed by atoms with van der Waals surface area (Å²) in [6, 6.07) is 0. The van der Waals surface area contributed by atoms with E-state index in [9.17, 15) is 13.5 Å². The molecule has 4 nitrogen and oxygen atoms in total. The highest BCUT2D eigenvalue weighted by Crippen LogP contribution is 2.39. The number of rotatable bonds is 6. The van der Waals surface area contributed by atoms with Crippen molar-refractivity contribution in [3.8, 4) is 0 Å². The van der Waals surface area contributed by atoms with Gasteiger partial charge >= 0.3 is 0 Å². The van der Waals surface area contributed by atoms with E-state index in [-0.39, 0.29) is 11.5 Å². The first-order valence-corrected chi connectivity index (χ1v) is 8.64. The maximum Gasteiger partial charge on any atom is 0.151 e. The van der Waals surface area contributed by atoms with Crippen LogP contribution in [0.3, 0.4) is 0 Å². The van der Waals surface area contributed by atoms with Gasteiger partial charge in [-0.05, 0) is 31.1 Å². The van der Waals surface area contributed by atoms with Gasteiger partial charge in [0.2, 0.25) is 0 Å². The lowest BCUT2D eigenvalue weighted by Gasteiger charge is -2.40. The molecule has 0 unspecified atom stereocenters. The van der Waals surface area contributed by atoms with Crippen molar-refractivity contribution in [3.63, 3.8) is 0 Å². The summed E-state index contributed by atoms with van der Waals surface area (Å²) in [6.07, 6.45) is 3.65. The Morgan fingerprint density at radius 2 is 1.72 bits per heavy atom. The van der Waals surface area contributed by atoms with E-state index < -0.39 is 15.4 Å². The molecule has 108 valence electrons. The molecule has 0 radical (unpaired) electrons. The molecule has 2 N–H and O–H groups in total. The maximum absolute atomic E-state index is 11.3. The molecule has 1 fully saturated rings. The van der Waals surface area contributed by atoms with Gasteiger partial charge in [-0.2, -0.15) is 0 Å². The molecule has 0 aromatic heterocycles. The molecule has 0 aromatic rings. The number of aliphatic hydroxyl groups is 1. The van der Waals surface area contributed by atoms with Crippen molar-refractivity contribution >= 4 is 9.84 Å². The highest BCUT2D eigenvalue weighted by molar-refractivity contribution is 7.91. The molecule has 0 saturated heterocycles. The van der Waals surface area contributed by atoms with Crippen LogP contribution in [-0.4, -0.2) is 43.7 Å². The van der Waals surface area contributed by atoms with Gasteiger partial charge in [0.15, 0.2) is 9.84 Å². The Kier molecular flexibility index (Phi) is 5.21. The SMILES string of the molecule is CCS(=O)(=O)CCNCC1(O)CCC(C)(C)CC1. The average Bonchev–Trinajstić information content (AvgIpc) is 2.30. The van der Waals surface area contributed by atoms with E-state index in [1.807, 2.05) is 0 Å². The molecule has 0 heterocycles. The average molecular weight is 277 g/mol. The summed E-state index contributed by atoms with van der Waals surface area (Å²) < 4.78 is 22.6. The first-order chi connectivity index (χ1) is 8.18. The molecule has 1 rings (SSSR count). The van der Waals surface area contributed by atoms with E-state index in [0.29, 0.717) is 18.5 Å². The molecule has 18 heavy (non-hydrogen) atoms. The van der Waals surface area contributed by atoms with E-state index >= 15 is 0 Å². The van der Waals surface area contributed by atoms with Gasteiger partial charge in [-0.3, -0.25) is 0 Å². The van der Waals surface area contributed by atoms with Crippen LogP contribution in [0.5, 0.6) is 0 Å². The van der Waals surface area contributed by atoms with Gasteiger partial charge in [0.1, 0.15) is 0 Å². The third-order valence-corrected chi connectivity index (χ3v) is 5.72. The fraction of sp³-hybridized carbons (Fsp3) is 1.00. The summed E-state index contributed by atoms with van der Waals surface area (Å²) in [4.78, 5) is 0. The summed E-state index contributed by atoms with van der Waals surface area (Å²) >= 11 is 0. The molecule has 1 aliphatic rings. The topological polar surface area (TPSA) is 66.4 Å². The molecule has 0 spiro atoms. The van der Waals surface area contributed by atoms with Gasteiger partial charge in [0.25, 0.3) is 0 Å². The Hall–Kier alpha value is -0.130. The quantitative estimate of drug-likeness (QED) is 0.719. The van der Waals surface area contributed by atoms with Gasteiger partial charge < -0.3 is 10.4 Å². The zero-order valence-corrected chi connectivity index (χ0v) is 12.6. The number of hydrogen-bond donors (Lipinski definition) is 2. The normalized spacial score (nSPS) is 22.9. The molecule has 1 aliphatic carbocycles. The van der Waals surface area contributed by atoms with Crippen LogP contribution in [0.1, 0.15) is 46.5 Å². The second-order valence-corrected chi connectivity index (χ2v) is 8.77. The van der Waals surface area contributed by atoms with Crippen molar-refractivity contribution in [1.82, 2.24) is 5.32 Å². The lowest BCUT2D eigenvalue weighted by molar-refractivity contribution is -0.0238. The Morgan fingerprint density at radius 3 is 2.22 bits per heavy atom. The van der Waals surface area contributed by atoms with Gasteiger partial charge in [0.05, 0.1) is 11.4 Å². The molecular formula is C13H27NO3S. The van der Waals surface area contributed by atoms with Gasteiger partial charge in [0, 0.05) is 18.8 Å². The molecule has 0 aromatic carbocycles. The third kappa shape index (κ3) is 5.24. The van der Waals surface area contributed by atoms with E-state index in [2.05, 4.69) is 19.2 Å². The first kappa shape index (κ1) is 15.9. The van der Waals surface area contributed by atoms with E-state index in [1.54, 1.807) is 6.92 Å². The molecular weight excluding hydrogens is 250 g/mol. The van der Waals surface area contributed by atoms with E-state index in [4.69, 9.17) is 0 Å². The summed E-state index contributed by atoms with van der Waals surface area (Å²) in [5.41, 5.74) is -0.316. The fourth-order valence-corrected chi connectivity index (χ4v) is 3.01. The zero-order valence-electron chi connectivity index (χ0n) is 11.8. The number of sulfone groups is 1. The molecule has 1 saturated carbocycles. The Bertz CT molecular complexity index is 352. The lowest BCUT2D eigenvalue weighted by Crippen LogP contribution is -2.45. The minimum Gasteiger partial charge on any atom is -0.389 e. The van der Waals surface area contributed by atoms with Crippen molar-refractivity contribution in [1.29, 1.82) is 0 Å². The van der Waals surface area contributed by atoms with Crippen LogP contribution in [0.4, 0.5) is 0 Å². The minimum absolute atomic E-state index is 0.158. The highest BCUT2D eigenvalue weighted by atomic mass is 32.2. The summed E-state index contributed by atoms with van der Waals surface area (Å²) in [5, 5.41) is 13.5. The third-order valence-electron chi connectivity index (χ3n) is 4.02. The first-order valence-electron chi connectivity index (χ1n) is 6.82. The largest absolute Gasteiger partial charge is 0.389 e. The van der Waals surface area contributed by atoms with Crippen LogP contribution in [0.2, 0.25) is 0 Å². The number of nitrogens with one attached hydrogen (secondary N) is 1. The minimum atomic E-state index is -2.90. The second-order valence-electron chi connectivity index (χ2n) is 6.30. The van der Waals surface area contributed by atoms with Crippen molar-refractivity contribution in [2.45, 2.75) is 52.1 Å². The van der Waals surface area contributed by atoms with Crippen molar-refractivity contribution in [3.05, 3.63) is 0 Å². The maximum atomic E-state index is 11.3. The van der Waals surface area contributed by atoms with Gasteiger partial charge in [-0.1, -0.05) is 20.8 Å². The van der Waals surface area contributed by atoms with Crippen LogP contribution < -0.4 is 5.32 Å². The van der Waals surface area contributed by atoms with Crippen LogP contribution in [0.15, 0.2) is 0 Å². The number of hydrogen-bond acceptors (Lipinski definition) is 4. The molecule has 0 atom stereocenters.